The van der Waals surface area contributed by atoms with Gasteiger partial charge in [0.1, 0.15) is 45.7 Å². The molecular weight excluding hydrogens is 969 g/mol. The summed E-state index contributed by atoms with van der Waals surface area (Å²) < 4.78 is 4.26. The number of piperidine rings is 2. The summed E-state index contributed by atoms with van der Waals surface area (Å²) in [5, 5.41) is 2.13. The Hall–Kier alpha value is -7.95. The van der Waals surface area contributed by atoms with Crippen LogP contribution < -0.4 is 11.5 Å². The second-order valence-electron chi connectivity index (χ2n) is 22.1. The van der Waals surface area contributed by atoms with Gasteiger partial charge < -0.3 is 21.3 Å². The molecule has 2 aliphatic rings. The van der Waals surface area contributed by atoms with Crippen LogP contribution in [-0.4, -0.2) is 144 Å². The third-order valence-corrected chi connectivity index (χ3v) is 16.2. The minimum atomic E-state index is -0.221. The maximum Gasteiger partial charge on any atom is 0.169 e. The summed E-state index contributed by atoms with van der Waals surface area (Å²) in [4.78, 5) is 54.3. The zero-order valence-corrected chi connectivity index (χ0v) is 45.1. The molecule has 0 amide bonds. The lowest BCUT2D eigenvalue weighted by molar-refractivity contribution is -0.132. The van der Waals surface area contributed by atoms with Gasteiger partial charge in [-0.05, 0) is 116 Å². The lowest BCUT2D eigenvalue weighted by atomic mass is 9.89. The van der Waals surface area contributed by atoms with E-state index < -0.39 is 0 Å². The number of ketones is 1. The highest BCUT2D eigenvalue weighted by molar-refractivity contribution is 5.93. The maximum atomic E-state index is 15.2. The van der Waals surface area contributed by atoms with E-state index in [0.29, 0.717) is 42.3 Å². The van der Waals surface area contributed by atoms with Gasteiger partial charge in [0, 0.05) is 83.7 Å². The van der Waals surface area contributed by atoms with E-state index in [1.54, 1.807) is 12.4 Å². The van der Waals surface area contributed by atoms with Gasteiger partial charge >= 0.3 is 0 Å². The molecule has 15 heteroatoms. The number of aromatic nitrogens is 8. The van der Waals surface area contributed by atoms with Crippen LogP contribution in [0.5, 0.6) is 0 Å². The smallest absolute Gasteiger partial charge is 0.169 e. The van der Waals surface area contributed by atoms with Gasteiger partial charge in [0.2, 0.25) is 0 Å². The second-order valence-corrected chi connectivity index (χ2v) is 22.1. The molecule has 2 fully saturated rings. The van der Waals surface area contributed by atoms with E-state index in [1.807, 2.05) is 48.8 Å². The zero-order valence-electron chi connectivity index (χ0n) is 45.1. The van der Waals surface area contributed by atoms with Gasteiger partial charge in [-0.2, -0.15) is 0 Å². The number of nitrogen functional groups attached to an aromatic ring is 2. The lowest BCUT2D eigenvalue weighted by Gasteiger charge is -2.43. The largest absolute Gasteiger partial charge is 0.382 e. The van der Waals surface area contributed by atoms with E-state index in [1.165, 1.54) is 0 Å². The average Bonchev–Trinajstić information content (AvgIpc) is 4.08. The number of pyridine rings is 2. The van der Waals surface area contributed by atoms with E-state index >= 15 is 4.79 Å². The number of likely N-dealkylation sites (tertiary alicyclic amines) is 2. The Morgan fingerprint density at radius 3 is 1.32 bits per heavy atom. The first kappa shape index (κ1) is 50.8. The molecule has 0 saturated carbocycles. The summed E-state index contributed by atoms with van der Waals surface area (Å²) in [6.07, 6.45) is 12.9. The van der Waals surface area contributed by atoms with Crippen LogP contribution in [0.2, 0.25) is 0 Å². The highest BCUT2D eigenvalue weighted by Gasteiger charge is 2.39. The molecule has 2 unspecified atom stereocenters. The van der Waals surface area contributed by atoms with Crippen molar-refractivity contribution in [2.75, 3.05) is 78.9 Å². The Balaban J connectivity index is 0.726. The molecule has 78 heavy (non-hydrogen) atoms. The zero-order chi connectivity index (χ0) is 53.4. The molecule has 2 aliphatic heterocycles. The Labute approximate surface area is 455 Å². The number of carbonyl (C=O) groups excluding carboxylic acids is 1. The average molecular weight is 1040 g/mol. The van der Waals surface area contributed by atoms with Crippen LogP contribution in [0, 0.1) is 11.8 Å². The SMILES string of the molecule is CN(C)CC(C(=O)C(CN(C)C)N1CCC(Cc2nc(-c3ccc4ccc(-c5ccccc5)nc4c3)c3c(N)nccn23)CC1)N1CCC(Cc2nc(-c3ccc4ccc(-c5ccccc5)nc4c3)c3c(N)nccn23)CC1. The number of hydrogen-bond acceptors (Lipinski definition) is 13. The normalized spacial score (nSPS) is 16.1. The number of imidazole rings is 2. The molecule has 2 atom stereocenters. The number of hydrogen-bond donors (Lipinski definition) is 2. The molecule has 2 saturated heterocycles. The van der Waals surface area contributed by atoms with Crippen molar-refractivity contribution in [2.45, 2.75) is 50.6 Å². The maximum absolute atomic E-state index is 15.2. The number of fused-ring (bicyclic) bond motifs is 4. The molecular formula is C63H68N14O. The van der Waals surface area contributed by atoms with Gasteiger partial charge in [-0.25, -0.2) is 29.9 Å². The summed E-state index contributed by atoms with van der Waals surface area (Å²) in [5.41, 5.74) is 24.3. The second kappa shape index (κ2) is 21.8. The molecule has 12 rings (SSSR count). The molecule has 0 aliphatic carbocycles. The van der Waals surface area contributed by atoms with Crippen LogP contribution in [0.1, 0.15) is 37.3 Å². The monoisotopic (exact) mass is 1040 g/mol. The molecule has 15 nitrogen and oxygen atoms in total. The topological polar surface area (TPSA) is 168 Å². The lowest BCUT2D eigenvalue weighted by Crippen LogP contribution is -2.59. The number of likely N-dealkylation sites (N-methyl/N-ethyl adjacent to an activating group) is 2. The standard InChI is InChI=1S/C63H68N14O/c1-72(2)39-53(74-29-23-41(24-30-74)35-55-70-57(59-62(64)66-27-33-76(55)59)47-17-15-45-19-21-49(68-51(45)37-47)43-11-7-5-8-12-43)61(78)54(40-73(3)4)75-31-25-42(26-32-75)36-56-71-58(60-63(65)67-28-34-77(56)60)48-18-16-46-20-22-50(69-52(46)38-48)44-13-9-6-10-14-44/h5-22,27-28,33-34,37-38,41-42,53-54H,23-26,29-32,35-36,39-40H2,1-4H3,(H2,64,66)(H2,65,67). The van der Waals surface area contributed by atoms with Gasteiger partial charge in [-0.15, -0.1) is 0 Å². The van der Waals surface area contributed by atoms with Gasteiger partial charge in [-0.1, -0.05) is 97.1 Å². The first-order chi connectivity index (χ1) is 38.0. The van der Waals surface area contributed by atoms with Crippen LogP contribution in [0.3, 0.4) is 0 Å². The molecule has 0 bridgehead atoms. The van der Waals surface area contributed by atoms with Gasteiger partial charge in [0.15, 0.2) is 5.78 Å². The first-order valence-electron chi connectivity index (χ1n) is 27.5. The predicted octanol–water partition coefficient (Wildman–Crippen LogP) is 9.34. The molecule has 4 aromatic carbocycles. The van der Waals surface area contributed by atoms with E-state index in [0.717, 1.165) is 154 Å². The van der Waals surface area contributed by atoms with Crippen LogP contribution in [-0.2, 0) is 17.6 Å². The molecule has 396 valence electrons. The summed E-state index contributed by atoms with van der Waals surface area (Å²) in [6, 6.07) is 41.1. The number of benzene rings is 4. The fourth-order valence-electron chi connectivity index (χ4n) is 12.1. The number of Topliss-reactive ketones (excluding diaryl/α,β-unsaturated/α-hetero) is 1. The fraction of sp³-hybridized carbons (Fsp3) is 0.317. The Morgan fingerprint density at radius 2 is 0.923 bits per heavy atom. The summed E-state index contributed by atoms with van der Waals surface area (Å²) >= 11 is 0. The van der Waals surface area contributed by atoms with Crippen molar-refractivity contribution < 1.29 is 4.79 Å². The Kier molecular flexibility index (Phi) is 14.2. The molecule has 6 aromatic heterocycles. The summed E-state index contributed by atoms with van der Waals surface area (Å²) in [5.74, 6) is 3.93. The quantitative estimate of drug-likeness (QED) is 0.0941. The summed E-state index contributed by atoms with van der Waals surface area (Å²) in [7, 11) is 8.34. The van der Waals surface area contributed by atoms with Gasteiger partial charge in [0.05, 0.1) is 34.5 Å². The van der Waals surface area contributed by atoms with E-state index in [-0.39, 0.29) is 12.1 Å². The number of nitrogens with two attached hydrogens (primary N) is 2. The molecule has 8 heterocycles. The van der Waals surface area contributed by atoms with E-state index in [2.05, 4.69) is 151 Å². The van der Waals surface area contributed by atoms with Crippen molar-refractivity contribution in [3.63, 3.8) is 0 Å². The van der Waals surface area contributed by atoms with Crippen molar-refractivity contribution in [3.8, 4) is 45.0 Å². The highest BCUT2D eigenvalue weighted by Crippen LogP contribution is 2.36. The molecule has 10 aromatic rings. The van der Waals surface area contributed by atoms with Crippen LogP contribution in [0.4, 0.5) is 11.6 Å². The fourth-order valence-corrected chi connectivity index (χ4v) is 12.1. The number of carbonyl (C=O) groups is 1. The molecule has 0 radical (unpaired) electrons. The van der Waals surface area contributed by atoms with Crippen LogP contribution >= 0.6 is 0 Å². The number of nitrogens with zero attached hydrogens (tertiary/aromatic N) is 12. The van der Waals surface area contributed by atoms with Crippen molar-refractivity contribution in [3.05, 3.63) is 158 Å². The number of anilines is 2. The molecule has 4 N–H and O–H groups in total. The van der Waals surface area contributed by atoms with Crippen molar-refractivity contribution in [1.82, 2.24) is 58.3 Å². The Morgan fingerprint density at radius 1 is 0.526 bits per heavy atom. The van der Waals surface area contributed by atoms with Crippen molar-refractivity contribution in [2.24, 2.45) is 11.8 Å². The first-order valence-corrected chi connectivity index (χ1v) is 27.5. The minimum Gasteiger partial charge on any atom is -0.382 e. The van der Waals surface area contributed by atoms with Gasteiger partial charge in [-0.3, -0.25) is 23.4 Å². The minimum absolute atomic E-state index is 0.221. The van der Waals surface area contributed by atoms with Crippen molar-refractivity contribution >= 4 is 50.3 Å². The van der Waals surface area contributed by atoms with E-state index in [4.69, 9.17) is 31.4 Å². The third kappa shape index (κ3) is 10.3. The van der Waals surface area contributed by atoms with Crippen molar-refractivity contribution in [1.29, 1.82) is 0 Å². The van der Waals surface area contributed by atoms with E-state index in [9.17, 15) is 0 Å². The predicted molar refractivity (Wildman–Crippen MR) is 313 cm³/mol. The number of rotatable bonds is 16. The highest BCUT2D eigenvalue weighted by atomic mass is 16.1. The third-order valence-electron chi connectivity index (χ3n) is 16.2. The van der Waals surface area contributed by atoms with Crippen LogP contribution in [0.25, 0.3) is 77.9 Å². The van der Waals surface area contributed by atoms with Gasteiger partial charge in [0.25, 0.3) is 0 Å². The Bertz CT molecular complexity index is 3520. The summed E-state index contributed by atoms with van der Waals surface area (Å²) in [6.45, 7) is 4.72. The van der Waals surface area contributed by atoms with Crippen LogP contribution in [0.15, 0.2) is 146 Å². The molecule has 0 spiro atoms.